The van der Waals surface area contributed by atoms with Gasteiger partial charge in [0.25, 0.3) is 0 Å². The molecular weight excluding hydrogens is 350 g/mol. The number of nitrogens with one attached hydrogen (secondary N) is 1. The van der Waals surface area contributed by atoms with Crippen molar-refractivity contribution in [2.75, 3.05) is 5.32 Å². The van der Waals surface area contributed by atoms with E-state index < -0.39 is 0 Å². The quantitative estimate of drug-likeness (QED) is 0.830. The number of aromatic nitrogens is 1. The normalized spacial score (nSPS) is 10.5. The van der Waals surface area contributed by atoms with E-state index in [1.54, 1.807) is 17.4 Å². The van der Waals surface area contributed by atoms with E-state index in [2.05, 4.69) is 45.2 Å². The molecule has 5 heteroatoms. The number of nitrogens with zero attached hydrogens (tertiary/aromatic N) is 1. The molecule has 90 valence electrons. The van der Waals surface area contributed by atoms with E-state index in [1.165, 1.54) is 12.1 Å². The van der Waals surface area contributed by atoms with Gasteiger partial charge >= 0.3 is 0 Å². The molecule has 1 aromatic heterocycles. The van der Waals surface area contributed by atoms with Crippen LogP contribution in [0.4, 0.5) is 10.1 Å². The Morgan fingerprint density at radius 1 is 1.47 bits per heavy atom. The van der Waals surface area contributed by atoms with Gasteiger partial charge in [-0.05, 0) is 47.2 Å². The fraction of sp³-hybridized carbons (Fsp3) is 0.250. The topological polar surface area (TPSA) is 24.9 Å². The van der Waals surface area contributed by atoms with E-state index >= 15 is 0 Å². The predicted octanol–water partition coefficient (Wildman–Crippen LogP) is 4.06. The first kappa shape index (κ1) is 12.8. The van der Waals surface area contributed by atoms with Crippen LogP contribution >= 0.6 is 33.9 Å². The third-order valence-corrected chi connectivity index (χ3v) is 4.23. The highest BCUT2D eigenvalue weighted by Gasteiger charge is 2.03. The van der Waals surface area contributed by atoms with Crippen molar-refractivity contribution in [3.8, 4) is 0 Å². The van der Waals surface area contributed by atoms with Gasteiger partial charge in [-0.15, -0.1) is 11.3 Å². The molecule has 0 fully saturated rings. The van der Waals surface area contributed by atoms with Crippen molar-refractivity contribution in [2.24, 2.45) is 0 Å². The average Bonchev–Trinajstić information content (AvgIpc) is 2.76. The fourth-order valence-corrected chi connectivity index (χ4v) is 2.82. The number of hydrogen-bond acceptors (Lipinski definition) is 3. The van der Waals surface area contributed by atoms with Crippen LogP contribution in [0.2, 0.25) is 0 Å². The first-order valence-corrected chi connectivity index (χ1v) is 7.27. The van der Waals surface area contributed by atoms with E-state index in [0.29, 0.717) is 6.54 Å². The third-order valence-electron chi connectivity index (χ3n) is 2.29. The molecule has 1 aromatic carbocycles. The summed E-state index contributed by atoms with van der Waals surface area (Å²) in [6.45, 7) is 2.77. The molecule has 0 aliphatic rings. The monoisotopic (exact) mass is 362 g/mol. The Morgan fingerprint density at radius 2 is 2.29 bits per heavy atom. The molecule has 1 heterocycles. The molecule has 2 rings (SSSR count). The summed E-state index contributed by atoms with van der Waals surface area (Å²) in [5.41, 5.74) is 1.98. The minimum Gasteiger partial charge on any atom is -0.378 e. The van der Waals surface area contributed by atoms with Crippen molar-refractivity contribution in [3.63, 3.8) is 0 Å². The minimum absolute atomic E-state index is 0.207. The number of halogens is 2. The van der Waals surface area contributed by atoms with Crippen LogP contribution in [-0.4, -0.2) is 4.98 Å². The van der Waals surface area contributed by atoms with Crippen molar-refractivity contribution in [1.82, 2.24) is 4.98 Å². The van der Waals surface area contributed by atoms with Crippen molar-refractivity contribution < 1.29 is 4.39 Å². The van der Waals surface area contributed by atoms with Gasteiger partial charge in [0.05, 0.1) is 17.2 Å². The molecule has 2 nitrogen and oxygen atoms in total. The summed E-state index contributed by atoms with van der Waals surface area (Å²) < 4.78 is 13.8. The number of rotatable bonds is 4. The first-order valence-electron chi connectivity index (χ1n) is 5.31. The van der Waals surface area contributed by atoms with E-state index in [-0.39, 0.29) is 5.82 Å². The number of benzene rings is 1. The van der Waals surface area contributed by atoms with Gasteiger partial charge < -0.3 is 5.32 Å². The highest BCUT2D eigenvalue weighted by molar-refractivity contribution is 14.1. The maximum atomic E-state index is 12.9. The Kier molecular flexibility index (Phi) is 4.33. The molecule has 0 atom stereocenters. The van der Waals surface area contributed by atoms with Crippen LogP contribution in [0.25, 0.3) is 0 Å². The Bertz CT molecular complexity index is 513. The summed E-state index contributed by atoms with van der Waals surface area (Å²) in [6.07, 6.45) is 0.971. The summed E-state index contributed by atoms with van der Waals surface area (Å²) in [7, 11) is 0. The Labute approximate surface area is 117 Å². The van der Waals surface area contributed by atoms with Crippen LogP contribution in [0.3, 0.4) is 0 Å². The largest absolute Gasteiger partial charge is 0.378 e. The van der Waals surface area contributed by atoms with Gasteiger partial charge in [-0.25, -0.2) is 9.37 Å². The molecule has 0 spiro atoms. The van der Waals surface area contributed by atoms with E-state index in [9.17, 15) is 4.39 Å². The van der Waals surface area contributed by atoms with Crippen molar-refractivity contribution in [1.29, 1.82) is 0 Å². The van der Waals surface area contributed by atoms with Crippen LogP contribution in [0, 0.1) is 9.39 Å². The van der Waals surface area contributed by atoms with Gasteiger partial charge in [0.15, 0.2) is 0 Å². The summed E-state index contributed by atoms with van der Waals surface area (Å²) in [4.78, 5) is 4.47. The molecule has 17 heavy (non-hydrogen) atoms. The van der Waals surface area contributed by atoms with E-state index in [0.717, 1.165) is 26.4 Å². The zero-order valence-electron chi connectivity index (χ0n) is 9.34. The highest BCUT2D eigenvalue weighted by Crippen LogP contribution is 2.20. The lowest BCUT2D eigenvalue weighted by atomic mass is 10.3. The Balaban J connectivity index is 2.02. The van der Waals surface area contributed by atoms with Crippen molar-refractivity contribution >= 4 is 39.6 Å². The van der Waals surface area contributed by atoms with Crippen molar-refractivity contribution in [2.45, 2.75) is 19.9 Å². The molecule has 2 aromatic rings. The number of aryl methyl sites for hydroxylation is 1. The Morgan fingerprint density at radius 3 is 2.94 bits per heavy atom. The van der Waals surface area contributed by atoms with E-state index in [1.807, 2.05) is 0 Å². The standard InChI is InChI=1S/C12H12FIN2S/c1-2-12-16-9(7-17-12)6-15-11-4-3-8(13)5-10(11)14/h3-5,7,15H,2,6H2,1H3. The smallest absolute Gasteiger partial charge is 0.124 e. The number of thiazole rings is 1. The number of anilines is 1. The van der Waals surface area contributed by atoms with Crippen LogP contribution in [0.15, 0.2) is 23.6 Å². The van der Waals surface area contributed by atoms with Gasteiger partial charge in [0.2, 0.25) is 0 Å². The van der Waals surface area contributed by atoms with Gasteiger partial charge in [0.1, 0.15) is 5.82 Å². The first-order chi connectivity index (χ1) is 8.19. The molecule has 0 radical (unpaired) electrons. The zero-order valence-corrected chi connectivity index (χ0v) is 12.3. The SMILES string of the molecule is CCc1nc(CNc2ccc(F)cc2I)cs1. The van der Waals surface area contributed by atoms with Crippen LogP contribution in [0.5, 0.6) is 0 Å². The maximum absolute atomic E-state index is 12.9. The second kappa shape index (κ2) is 5.77. The molecule has 0 amide bonds. The molecule has 0 saturated heterocycles. The van der Waals surface area contributed by atoms with Gasteiger partial charge in [-0.2, -0.15) is 0 Å². The van der Waals surface area contributed by atoms with Crippen LogP contribution < -0.4 is 5.32 Å². The lowest BCUT2D eigenvalue weighted by molar-refractivity contribution is 0.627. The zero-order chi connectivity index (χ0) is 12.3. The maximum Gasteiger partial charge on any atom is 0.124 e. The molecule has 0 saturated carbocycles. The fourth-order valence-electron chi connectivity index (χ4n) is 1.41. The third kappa shape index (κ3) is 3.38. The van der Waals surface area contributed by atoms with Gasteiger partial charge in [-0.3, -0.25) is 0 Å². The van der Waals surface area contributed by atoms with Crippen molar-refractivity contribution in [3.05, 3.63) is 43.7 Å². The van der Waals surface area contributed by atoms with Crippen LogP contribution in [-0.2, 0) is 13.0 Å². The molecule has 0 unspecified atom stereocenters. The summed E-state index contributed by atoms with van der Waals surface area (Å²) in [6, 6.07) is 4.73. The lowest BCUT2D eigenvalue weighted by Gasteiger charge is -2.06. The molecule has 0 aliphatic carbocycles. The second-order valence-corrected chi connectivity index (χ2v) is 5.67. The molecule has 1 N–H and O–H groups in total. The van der Waals surface area contributed by atoms with Gasteiger partial charge in [0, 0.05) is 14.6 Å². The highest BCUT2D eigenvalue weighted by atomic mass is 127. The lowest BCUT2D eigenvalue weighted by Crippen LogP contribution is -2.01. The van der Waals surface area contributed by atoms with Gasteiger partial charge in [-0.1, -0.05) is 6.92 Å². The summed E-state index contributed by atoms with van der Waals surface area (Å²) in [5, 5.41) is 6.47. The molecule has 0 aliphatic heterocycles. The van der Waals surface area contributed by atoms with E-state index in [4.69, 9.17) is 0 Å². The number of hydrogen-bond donors (Lipinski definition) is 1. The molecule has 0 bridgehead atoms. The second-order valence-electron chi connectivity index (χ2n) is 3.56. The summed E-state index contributed by atoms with van der Waals surface area (Å²) >= 11 is 3.80. The summed E-state index contributed by atoms with van der Waals surface area (Å²) in [5.74, 6) is -0.207. The predicted molar refractivity (Wildman–Crippen MR) is 77.9 cm³/mol. The Hall–Kier alpha value is -0.690. The average molecular weight is 362 g/mol. The molecular formula is C12H12FIN2S. The minimum atomic E-state index is -0.207. The van der Waals surface area contributed by atoms with Crippen LogP contribution in [0.1, 0.15) is 17.6 Å².